The number of hydrogen-bond donors (Lipinski definition) is 0. The lowest BCUT2D eigenvalue weighted by molar-refractivity contribution is -0.127. The Labute approximate surface area is 177 Å². The summed E-state index contributed by atoms with van der Waals surface area (Å²) in [6.07, 6.45) is 8.96. The molecule has 3 aromatic rings. The van der Waals surface area contributed by atoms with Crippen LogP contribution in [-0.2, 0) is 4.79 Å². The summed E-state index contributed by atoms with van der Waals surface area (Å²) in [5.41, 5.74) is 2.05. The van der Waals surface area contributed by atoms with Gasteiger partial charge in [0.05, 0.1) is 6.33 Å². The van der Waals surface area contributed by atoms with Crippen molar-refractivity contribution in [3.8, 4) is 11.4 Å². The van der Waals surface area contributed by atoms with E-state index in [0.29, 0.717) is 6.61 Å². The number of piperazine rings is 1. The molecule has 0 atom stereocenters. The fourth-order valence-corrected chi connectivity index (χ4v) is 3.44. The number of nitrogens with zero attached hydrogens (tertiary/aromatic N) is 4. The maximum Gasteiger partial charge on any atom is 0.246 e. The van der Waals surface area contributed by atoms with Crippen LogP contribution in [0.4, 0.5) is 0 Å². The number of rotatable bonds is 7. The number of carbonyl (C=O) groups is 1. The molecule has 0 spiro atoms. The van der Waals surface area contributed by atoms with Gasteiger partial charge in [-0.3, -0.25) is 9.69 Å². The predicted molar refractivity (Wildman–Crippen MR) is 118 cm³/mol. The number of para-hydroxylation sites is 1. The monoisotopic (exact) mass is 402 g/mol. The molecule has 0 saturated carbocycles. The van der Waals surface area contributed by atoms with Crippen LogP contribution in [0.1, 0.15) is 5.56 Å². The van der Waals surface area contributed by atoms with E-state index in [0.717, 1.165) is 49.7 Å². The van der Waals surface area contributed by atoms with Crippen LogP contribution in [0.25, 0.3) is 11.8 Å². The van der Waals surface area contributed by atoms with Crippen LogP contribution in [0.2, 0.25) is 0 Å². The first-order valence-corrected chi connectivity index (χ1v) is 10.2. The fourth-order valence-electron chi connectivity index (χ4n) is 3.44. The first-order valence-electron chi connectivity index (χ1n) is 10.2. The standard InChI is InChI=1S/C24H26N4O2/c29-24(11-8-21-6-9-22(10-7-21)28-13-12-25-20-28)27-16-14-26(15-17-27)18-19-30-23-4-2-1-3-5-23/h1-13,20H,14-19H2. The summed E-state index contributed by atoms with van der Waals surface area (Å²) in [7, 11) is 0. The Balaban J connectivity index is 1.20. The summed E-state index contributed by atoms with van der Waals surface area (Å²) in [4.78, 5) is 20.8. The van der Waals surface area contributed by atoms with E-state index < -0.39 is 0 Å². The molecule has 0 N–H and O–H groups in total. The van der Waals surface area contributed by atoms with Gasteiger partial charge in [-0.25, -0.2) is 4.98 Å². The Bertz CT molecular complexity index is 945. The number of ether oxygens (including phenoxy) is 1. The highest BCUT2D eigenvalue weighted by molar-refractivity contribution is 5.91. The molecular weight excluding hydrogens is 376 g/mol. The highest BCUT2D eigenvalue weighted by Crippen LogP contribution is 2.12. The van der Waals surface area contributed by atoms with E-state index >= 15 is 0 Å². The van der Waals surface area contributed by atoms with Crippen LogP contribution in [-0.4, -0.2) is 64.6 Å². The number of benzene rings is 2. The van der Waals surface area contributed by atoms with Crippen molar-refractivity contribution in [3.05, 3.63) is 85.0 Å². The molecule has 1 saturated heterocycles. The Kier molecular flexibility index (Phi) is 6.57. The third kappa shape index (κ3) is 5.36. The Morgan fingerprint density at radius 1 is 1.00 bits per heavy atom. The zero-order valence-corrected chi connectivity index (χ0v) is 16.9. The molecular formula is C24H26N4O2. The number of hydrogen-bond acceptors (Lipinski definition) is 4. The van der Waals surface area contributed by atoms with Gasteiger partial charge >= 0.3 is 0 Å². The smallest absolute Gasteiger partial charge is 0.246 e. The molecule has 4 rings (SSSR count). The van der Waals surface area contributed by atoms with Crippen molar-refractivity contribution >= 4 is 12.0 Å². The summed E-state index contributed by atoms with van der Waals surface area (Å²) in [6, 6.07) is 17.9. The third-order valence-corrected chi connectivity index (χ3v) is 5.22. The van der Waals surface area contributed by atoms with E-state index in [2.05, 4.69) is 9.88 Å². The largest absolute Gasteiger partial charge is 0.492 e. The van der Waals surface area contributed by atoms with Crippen molar-refractivity contribution in [2.45, 2.75) is 0 Å². The van der Waals surface area contributed by atoms with Crippen molar-refractivity contribution < 1.29 is 9.53 Å². The van der Waals surface area contributed by atoms with E-state index in [-0.39, 0.29) is 5.91 Å². The predicted octanol–water partition coefficient (Wildman–Crippen LogP) is 3.11. The van der Waals surface area contributed by atoms with Crippen molar-refractivity contribution in [1.29, 1.82) is 0 Å². The van der Waals surface area contributed by atoms with Gasteiger partial charge in [-0.1, -0.05) is 30.3 Å². The van der Waals surface area contributed by atoms with Gasteiger partial charge in [-0.05, 0) is 35.9 Å². The molecule has 1 fully saturated rings. The SMILES string of the molecule is O=C(C=Cc1ccc(-n2ccnc2)cc1)N1CCN(CCOc2ccccc2)CC1. The Morgan fingerprint density at radius 2 is 1.77 bits per heavy atom. The molecule has 1 aliphatic rings. The Hall–Kier alpha value is -3.38. The van der Waals surface area contributed by atoms with Crippen LogP contribution >= 0.6 is 0 Å². The molecule has 154 valence electrons. The molecule has 2 heterocycles. The first-order chi connectivity index (χ1) is 14.8. The van der Waals surface area contributed by atoms with Crippen LogP contribution in [0.15, 0.2) is 79.4 Å². The molecule has 0 unspecified atom stereocenters. The minimum Gasteiger partial charge on any atom is -0.492 e. The zero-order valence-electron chi connectivity index (χ0n) is 16.9. The highest BCUT2D eigenvalue weighted by atomic mass is 16.5. The average Bonchev–Trinajstić information content (AvgIpc) is 3.34. The molecule has 0 bridgehead atoms. The molecule has 30 heavy (non-hydrogen) atoms. The second-order valence-electron chi connectivity index (χ2n) is 7.22. The number of imidazole rings is 1. The van der Waals surface area contributed by atoms with E-state index in [1.807, 2.05) is 76.3 Å². The Morgan fingerprint density at radius 3 is 2.47 bits per heavy atom. The lowest BCUT2D eigenvalue weighted by Crippen LogP contribution is -2.49. The summed E-state index contributed by atoms with van der Waals surface area (Å²) in [5, 5.41) is 0. The minimum atomic E-state index is 0.0638. The van der Waals surface area contributed by atoms with Gasteiger partial charge in [-0.2, -0.15) is 0 Å². The summed E-state index contributed by atoms with van der Waals surface area (Å²) >= 11 is 0. The number of amides is 1. The van der Waals surface area contributed by atoms with Crippen molar-refractivity contribution in [1.82, 2.24) is 19.4 Å². The topological polar surface area (TPSA) is 50.6 Å². The van der Waals surface area contributed by atoms with Crippen LogP contribution < -0.4 is 4.74 Å². The molecule has 1 aliphatic heterocycles. The highest BCUT2D eigenvalue weighted by Gasteiger charge is 2.19. The van der Waals surface area contributed by atoms with E-state index in [1.165, 1.54) is 0 Å². The van der Waals surface area contributed by atoms with Gasteiger partial charge < -0.3 is 14.2 Å². The van der Waals surface area contributed by atoms with Gasteiger partial charge in [0.25, 0.3) is 0 Å². The molecule has 6 heteroatoms. The normalized spacial score (nSPS) is 14.9. The van der Waals surface area contributed by atoms with Crippen LogP contribution in [0, 0.1) is 0 Å². The first kappa shape index (κ1) is 19.9. The summed E-state index contributed by atoms with van der Waals surface area (Å²) in [6.45, 7) is 4.76. The second kappa shape index (κ2) is 9.89. The van der Waals surface area contributed by atoms with Gasteiger partial charge in [0.15, 0.2) is 0 Å². The van der Waals surface area contributed by atoms with Gasteiger partial charge in [0, 0.05) is 56.9 Å². The molecule has 0 aliphatic carbocycles. The number of carbonyl (C=O) groups excluding carboxylic acids is 1. The molecule has 1 amide bonds. The molecule has 6 nitrogen and oxygen atoms in total. The van der Waals surface area contributed by atoms with Gasteiger partial charge in [0.1, 0.15) is 12.4 Å². The van der Waals surface area contributed by atoms with Crippen LogP contribution in [0.5, 0.6) is 5.75 Å². The summed E-state index contributed by atoms with van der Waals surface area (Å²) in [5.74, 6) is 0.961. The number of aromatic nitrogens is 2. The lowest BCUT2D eigenvalue weighted by atomic mass is 10.2. The van der Waals surface area contributed by atoms with E-state index in [9.17, 15) is 4.79 Å². The van der Waals surface area contributed by atoms with E-state index in [1.54, 1.807) is 18.6 Å². The van der Waals surface area contributed by atoms with Crippen LogP contribution in [0.3, 0.4) is 0 Å². The second-order valence-corrected chi connectivity index (χ2v) is 7.22. The maximum absolute atomic E-state index is 12.5. The lowest BCUT2D eigenvalue weighted by Gasteiger charge is -2.34. The fraction of sp³-hybridized carbons (Fsp3) is 0.250. The molecule has 1 aromatic heterocycles. The van der Waals surface area contributed by atoms with Gasteiger partial charge in [-0.15, -0.1) is 0 Å². The quantitative estimate of drug-likeness (QED) is 0.570. The van der Waals surface area contributed by atoms with Crippen molar-refractivity contribution in [3.63, 3.8) is 0 Å². The van der Waals surface area contributed by atoms with Gasteiger partial charge in [0.2, 0.25) is 5.91 Å². The van der Waals surface area contributed by atoms with Crippen molar-refractivity contribution in [2.75, 3.05) is 39.3 Å². The zero-order chi connectivity index (χ0) is 20.6. The third-order valence-electron chi connectivity index (χ3n) is 5.22. The summed E-state index contributed by atoms with van der Waals surface area (Å²) < 4.78 is 7.71. The van der Waals surface area contributed by atoms with E-state index in [4.69, 9.17) is 4.74 Å². The maximum atomic E-state index is 12.5. The molecule has 2 aromatic carbocycles. The minimum absolute atomic E-state index is 0.0638. The van der Waals surface area contributed by atoms with Crippen molar-refractivity contribution in [2.24, 2.45) is 0 Å². The average molecular weight is 402 g/mol. The molecule has 0 radical (unpaired) electrons.